The van der Waals surface area contributed by atoms with Crippen LogP contribution in [0.3, 0.4) is 0 Å². The summed E-state index contributed by atoms with van der Waals surface area (Å²) < 4.78 is 10.7. The number of aliphatic carboxylic acids is 1. The van der Waals surface area contributed by atoms with Gasteiger partial charge in [-0.05, 0) is 38.0 Å². The van der Waals surface area contributed by atoms with Gasteiger partial charge >= 0.3 is 11.6 Å². The zero-order chi connectivity index (χ0) is 18.6. The zero-order valence-corrected chi connectivity index (χ0v) is 14.4. The predicted molar refractivity (Wildman–Crippen MR) is 91.8 cm³/mol. The second kappa shape index (κ2) is 7.83. The first kappa shape index (κ1) is 18.5. The Labute approximate surface area is 144 Å². The van der Waals surface area contributed by atoms with Crippen LogP contribution >= 0.6 is 0 Å². The third kappa shape index (κ3) is 4.59. The summed E-state index contributed by atoms with van der Waals surface area (Å²) in [5.41, 5.74) is 0.689. The summed E-state index contributed by atoms with van der Waals surface area (Å²) in [4.78, 5) is 34.7. The van der Waals surface area contributed by atoms with E-state index in [1.807, 2.05) is 6.92 Å². The molecule has 7 heteroatoms. The number of carboxylic acid groups (broad SMARTS) is 1. The van der Waals surface area contributed by atoms with E-state index < -0.39 is 29.6 Å². The fourth-order valence-electron chi connectivity index (χ4n) is 2.47. The van der Waals surface area contributed by atoms with Crippen LogP contribution in [0.5, 0.6) is 5.75 Å². The summed E-state index contributed by atoms with van der Waals surface area (Å²) in [6, 6.07) is 5.40. The van der Waals surface area contributed by atoms with Crippen LogP contribution in [0.2, 0.25) is 0 Å². The molecule has 2 aromatic rings. The molecule has 0 bridgehead atoms. The Kier molecular flexibility index (Phi) is 5.80. The number of carbonyl (C=O) groups excluding carboxylic acids is 1. The molecule has 0 aliphatic rings. The molecule has 0 aliphatic heterocycles. The number of carboxylic acids is 1. The highest BCUT2D eigenvalue weighted by molar-refractivity contribution is 5.86. The van der Waals surface area contributed by atoms with E-state index in [4.69, 9.17) is 14.3 Å². The van der Waals surface area contributed by atoms with Gasteiger partial charge in [0.25, 0.3) is 5.91 Å². The lowest BCUT2D eigenvalue weighted by Crippen LogP contribution is -2.46. The monoisotopic (exact) mass is 347 g/mol. The van der Waals surface area contributed by atoms with Crippen molar-refractivity contribution in [2.45, 2.75) is 45.8 Å². The average molecular weight is 347 g/mol. The minimum Gasteiger partial charge on any atom is -0.481 e. The number of nitrogens with one attached hydrogen (secondary N) is 1. The van der Waals surface area contributed by atoms with Crippen molar-refractivity contribution in [3.8, 4) is 5.75 Å². The Morgan fingerprint density at radius 1 is 1.32 bits per heavy atom. The van der Waals surface area contributed by atoms with Crippen molar-refractivity contribution in [2.24, 2.45) is 0 Å². The molecule has 0 saturated carbocycles. The standard InChI is InChI=1S/C18H21NO6/c1-4-5-14(18(22)23)19-17(21)11(3)24-12-6-7-13-10(2)8-16(20)25-15(13)9-12/h6-9,11,14H,4-5H2,1-3H3,(H,19,21)(H,22,23)/t11?,14-/m1/s1. The fourth-order valence-corrected chi connectivity index (χ4v) is 2.47. The third-order valence-corrected chi connectivity index (χ3v) is 3.80. The van der Waals surface area contributed by atoms with Crippen molar-refractivity contribution in [3.63, 3.8) is 0 Å². The Morgan fingerprint density at radius 2 is 2.04 bits per heavy atom. The maximum absolute atomic E-state index is 12.1. The van der Waals surface area contributed by atoms with Crippen molar-refractivity contribution in [1.29, 1.82) is 0 Å². The number of aryl methyl sites for hydroxylation is 1. The number of benzene rings is 1. The highest BCUT2D eigenvalue weighted by Gasteiger charge is 2.23. The predicted octanol–water partition coefficient (Wildman–Crippen LogP) is 2.24. The van der Waals surface area contributed by atoms with E-state index in [-0.39, 0.29) is 0 Å². The van der Waals surface area contributed by atoms with E-state index in [1.54, 1.807) is 19.1 Å². The van der Waals surface area contributed by atoms with Gasteiger partial charge in [0.15, 0.2) is 6.10 Å². The topological polar surface area (TPSA) is 106 Å². The number of fused-ring (bicyclic) bond motifs is 1. The highest BCUT2D eigenvalue weighted by atomic mass is 16.5. The Bertz CT molecular complexity index is 841. The summed E-state index contributed by atoms with van der Waals surface area (Å²) in [6.07, 6.45) is 0.0803. The summed E-state index contributed by atoms with van der Waals surface area (Å²) in [7, 11) is 0. The molecule has 25 heavy (non-hydrogen) atoms. The van der Waals surface area contributed by atoms with E-state index in [0.717, 1.165) is 10.9 Å². The third-order valence-electron chi connectivity index (χ3n) is 3.80. The highest BCUT2D eigenvalue weighted by Crippen LogP contribution is 2.23. The van der Waals surface area contributed by atoms with Gasteiger partial charge in [0, 0.05) is 17.5 Å². The van der Waals surface area contributed by atoms with Gasteiger partial charge in [-0.15, -0.1) is 0 Å². The summed E-state index contributed by atoms with van der Waals surface area (Å²) in [6.45, 7) is 5.17. The van der Waals surface area contributed by atoms with E-state index >= 15 is 0 Å². The maximum Gasteiger partial charge on any atom is 0.336 e. The quantitative estimate of drug-likeness (QED) is 0.744. The largest absolute Gasteiger partial charge is 0.481 e. The second-order valence-corrected chi connectivity index (χ2v) is 5.85. The Morgan fingerprint density at radius 3 is 2.68 bits per heavy atom. The van der Waals surface area contributed by atoms with Crippen LogP contribution in [-0.2, 0) is 9.59 Å². The smallest absolute Gasteiger partial charge is 0.336 e. The molecular weight excluding hydrogens is 326 g/mol. The van der Waals surface area contributed by atoms with E-state index in [1.165, 1.54) is 19.1 Å². The molecule has 0 spiro atoms. The molecule has 7 nitrogen and oxygen atoms in total. The molecule has 0 aliphatic carbocycles. The van der Waals surface area contributed by atoms with Crippen LogP contribution in [0.4, 0.5) is 0 Å². The van der Waals surface area contributed by atoms with E-state index in [2.05, 4.69) is 5.32 Å². The molecule has 1 amide bonds. The molecule has 0 fully saturated rings. The number of amides is 1. The second-order valence-electron chi connectivity index (χ2n) is 5.85. The SMILES string of the molecule is CCC[C@@H](NC(=O)C(C)Oc1ccc2c(C)cc(=O)oc2c1)C(=O)O. The van der Waals surface area contributed by atoms with Crippen LogP contribution in [0, 0.1) is 6.92 Å². The molecule has 1 heterocycles. The first-order valence-corrected chi connectivity index (χ1v) is 8.06. The summed E-state index contributed by atoms with van der Waals surface area (Å²) >= 11 is 0. The molecule has 134 valence electrons. The molecule has 0 saturated heterocycles. The summed E-state index contributed by atoms with van der Waals surface area (Å²) in [5, 5.41) is 12.3. The van der Waals surface area contributed by atoms with Gasteiger partial charge in [0.1, 0.15) is 17.4 Å². The van der Waals surface area contributed by atoms with Crippen molar-refractivity contribution >= 4 is 22.8 Å². The number of hydrogen-bond acceptors (Lipinski definition) is 5. The number of hydrogen-bond donors (Lipinski definition) is 2. The van der Waals surface area contributed by atoms with Crippen molar-refractivity contribution < 1.29 is 23.8 Å². The molecule has 2 atom stereocenters. The lowest BCUT2D eigenvalue weighted by molar-refractivity contribution is -0.143. The van der Waals surface area contributed by atoms with Crippen molar-refractivity contribution in [3.05, 3.63) is 40.2 Å². The van der Waals surface area contributed by atoms with Crippen LogP contribution in [0.25, 0.3) is 11.0 Å². The fraction of sp³-hybridized carbons (Fsp3) is 0.389. The number of ether oxygens (including phenoxy) is 1. The first-order chi connectivity index (χ1) is 11.8. The van der Waals surface area contributed by atoms with Crippen molar-refractivity contribution in [1.82, 2.24) is 5.32 Å². The van der Waals surface area contributed by atoms with Crippen LogP contribution in [-0.4, -0.2) is 29.1 Å². The molecule has 1 aromatic heterocycles. The normalized spacial score (nSPS) is 13.2. The Balaban J connectivity index is 2.13. The minimum absolute atomic E-state index is 0.341. The molecule has 1 aromatic carbocycles. The summed E-state index contributed by atoms with van der Waals surface area (Å²) in [5.74, 6) is -1.25. The average Bonchev–Trinajstić information content (AvgIpc) is 2.53. The van der Waals surface area contributed by atoms with Crippen LogP contribution in [0.1, 0.15) is 32.3 Å². The van der Waals surface area contributed by atoms with Gasteiger partial charge in [0.05, 0.1) is 0 Å². The minimum atomic E-state index is -1.08. The molecule has 2 N–H and O–H groups in total. The molecular formula is C18H21NO6. The van der Waals surface area contributed by atoms with Crippen molar-refractivity contribution in [2.75, 3.05) is 0 Å². The molecule has 1 unspecified atom stereocenters. The maximum atomic E-state index is 12.1. The lowest BCUT2D eigenvalue weighted by atomic mass is 10.1. The van der Waals surface area contributed by atoms with E-state index in [9.17, 15) is 14.4 Å². The van der Waals surface area contributed by atoms with Gasteiger partial charge in [-0.1, -0.05) is 13.3 Å². The molecule has 0 radical (unpaired) electrons. The van der Waals surface area contributed by atoms with E-state index in [0.29, 0.717) is 24.2 Å². The van der Waals surface area contributed by atoms with Gasteiger partial charge in [-0.25, -0.2) is 9.59 Å². The van der Waals surface area contributed by atoms with Gasteiger partial charge in [0.2, 0.25) is 0 Å². The first-order valence-electron chi connectivity index (χ1n) is 8.06. The Hall–Kier alpha value is -2.83. The lowest BCUT2D eigenvalue weighted by Gasteiger charge is -2.18. The number of rotatable bonds is 7. The molecule has 2 rings (SSSR count). The van der Waals surface area contributed by atoms with Gasteiger partial charge in [-0.2, -0.15) is 0 Å². The van der Waals surface area contributed by atoms with Gasteiger partial charge in [-0.3, -0.25) is 4.79 Å². The zero-order valence-electron chi connectivity index (χ0n) is 14.4. The number of carbonyl (C=O) groups is 2. The van der Waals surface area contributed by atoms with Gasteiger partial charge < -0.3 is 19.6 Å². The van der Waals surface area contributed by atoms with Crippen LogP contribution < -0.4 is 15.7 Å². The van der Waals surface area contributed by atoms with Crippen LogP contribution in [0.15, 0.2) is 33.5 Å².